The molecule has 0 aliphatic carbocycles. The Bertz CT molecular complexity index is 1150. The first kappa shape index (κ1) is 24.4. The van der Waals surface area contributed by atoms with Crippen LogP contribution in [-0.4, -0.2) is 49.6 Å². The van der Waals surface area contributed by atoms with E-state index in [1.807, 2.05) is 6.92 Å². The van der Waals surface area contributed by atoms with E-state index < -0.39 is 33.9 Å². The lowest BCUT2D eigenvalue weighted by Crippen LogP contribution is -2.49. The minimum atomic E-state index is -4.11. The summed E-state index contributed by atoms with van der Waals surface area (Å²) in [7, 11) is -2.60. The van der Waals surface area contributed by atoms with Crippen molar-refractivity contribution in [3.05, 3.63) is 48.5 Å². The molecule has 0 radical (unpaired) electrons. The lowest BCUT2D eigenvalue weighted by atomic mass is 10.2. The van der Waals surface area contributed by atoms with E-state index in [2.05, 4.69) is 5.32 Å². The summed E-state index contributed by atoms with van der Waals surface area (Å²) < 4.78 is 33.4. The van der Waals surface area contributed by atoms with Crippen LogP contribution in [0.25, 0.3) is 0 Å². The summed E-state index contributed by atoms with van der Waals surface area (Å²) in [5.74, 6) is -0.773. The van der Waals surface area contributed by atoms with Gasteiger partial charge in [0, 0.05) is 18.7 Å². The fourth-order valence-corrected chi connectivity index (χ4v) is 5.59. The number of imide groups is 1. The number of methoxy groups -OCH3 is 1. The van der Waals surface area contributed by atoms with Crippen molar-refractivity contribution in [1.82, 2.24) is 4.31 Å². The quantitative estimate of drug-likeness (QED) is 0.590. The van der Waals surface area contributed by atoms with E-state index in [9.17, 15) is 22.8 Å². The Morgan fingerprint density at radius 1 is 1.15 bits per heavy atom. The van der Waals surface area contributed by atoms with E-state index >= 15 is 0 Å². The van der Waals surface area contributed by atoms with Crippen LogP contribution >= 0.6 is 0 Å². The van der Waals surface area contributed by atoms with Gasteiger partial charge in [0.05, 0.1) is 24.1 Å². The van der Waals surface area contributed by atoms with Crippen molar-refractivity contribution in [1.29, 1.82) is 0 Å². The molecule has 3 amide bonds. The van der Waals surface area contributed by atoms with E-state index in [0.29, 0.717) is 23.5 Å². The van der Waals surface area contributed by atoms with E-state index in [1.165, 1.54) is 38.3 Å². The zero-order valence-electron chi connectivity index (χ0n) is 18.9. The average Bonchev–Trinajstić information content (AvgIpc) is 3.07. The van der Waals surface area contributed by atoms with Crippen molar-refractivity contribution in [3.8, 4) is 5.75 Å². The largest absolute Gasteiger partial charge is 0.497 e. The Morgan fingerprint density at radius 3 is 2.27 bits per heavy atom. The van der Waals surface area contributed by atoms with Crippen LogP contribution in [0.15, 0.2) is 53.4 Å². The highest BCUT2D eigenvalue weighted by atomic mass is 32.2. The van der Waals surface area contributed by atoms with Gasteiger partial charge in [0.25, 0.3) is 5.91 Å². The summed E-state index contributed by atoms with van der Waals surface area (Å²) in [6.07, 6.45) is 0.197. The highest BCUT2D eigenvalue weighted by Crippen LogP contribution is 2.32. The molecule has 1 heterocycles. The zero-order valence-corrected chi connectivity index (χ0v) is 19.8. The number of benzene rings is 2. The monoisotopic (exact) mass is 473 g/mol. The predicted molar refractivity (Wildman–Crippen MR) is 123 cm³/mol. The molecule has 1 aliphatic rings. The molecule has 10 heteroatoms. The maximum Gasteiger partial charge on any atom is 0.252 e. The second-order valence-electron chi connectivity index (χ2n) is 7.78. The standard InChI is InChI=1S/C23H27N3O6S/c1-5-15(2)26(33(30,31)20-12-6-17(7-13-20)24-16(3)27)21-14-22(28)25(23(21)29)18-8-10-19(32-4)11-9-18/h6-13,15,21H,5,14H2,1-4H3,(H,24,27). The van der Waals surface area contributed by atoms with Crippen molar-refractivity contribution in [3.63, 3.8) is 0 Å². The van der Waals surface area contributed by atoms with Gasteiger partial charge in [0.15, 0.2) is 0 Å². The highest BCUT2D eigenvalue weighted by molar-refractivity contribution is 7.89. The second-order valence-corrected chi connectivity index (χ2v) is 9.63. The SMILES string of the molecule is CCC(C)N(C1CC(=O)N(c2ccc(OC)cc2)C1=O)S(=O)(=O)c1ccc(NC(C)=O)cc1. The molecule has 0 spiro atoms. The fraction of sp³-hybridized carbons (Fsp3) is 0.348. The third kappa shape index (κ3) is 4.91. The first-order valence-electron chi connectivity index (χ1n) is 10.5. The van der Waals surface area contributed by atoms with E-state index in [4.69, 9.17) is 4.74 Å². The molecule has 2 unspecified atom stereocenters. The van der Waals surface area contributed by atoms with Crippen LogP contribution < -0.4 is 15.0 Å². The summed E-state index contributed by atoms with van der Waals surface area (Å²) in [6, 6.07) is 10.4. The maximum absolute atomic E-state index is 13.6. The maximum atomic E-state index is 13.6. The molecule has 2 atom stereocenters. The fourth-order valence-electron chi connectivity index (χ4n) is 3.74. The predicted octanol–water partition coefficient (Wildman–Crippen LogP) is 2.77. The second kappa shape index (κ2) is 9.72. The van der Waals surface area contributed by atoms with Gasteiger partial charge in [-0.05, 0) is 61.9 Å². The smallest absolute Gasteiger partial charge is 0.252 e. The summed E-state index contributed by atoms with van der Waals surface area (Å²) in [6.45, 7) is 4.87. The number of nitrogens with one attached hydrogen (secondary N) is 1. The molecule has 33 heavy (non-hydrogen) atoms. The topological polar surface area (TPSA) is 113 Å². The number of rotatable bonds is 8. The van der Waals surface area contributed by atoms with Crippen LogP contribution in [0.4, 0.5) is 11.4 Å². The number of hydrogen-bond donors (Lipinski definition) is 1. The number of hydrogen-bond acceptors (Lipinski definition) is 6. The molecule has 1 aliphatic heterocycles. The van der Waals surface area contributed by atoms with Gasteiger partial charge in [-0.1, -0.05) is 6.92 Å². The van der Waals surface area contributed by atoms with Gasteiger partial charge in [-0.2, -0.15) is 4.31 Å². The third-order valence-corrected chi connectivity index (χ3v) is 7.57. The number of carbonyl (C=O) groups excluding carboxylic acids is 3. The Labute approximate surface area is 193 Å². The highest BCUT2D eigenvalue weighted by Gasteiger charge is 2.48. The first-order chi connectivity index (χ1) is 15.6. The average molecular weight is 474 g/mol. The van der Waals surface area contributed by atoms with Crippen LogP contribution in [0.1, 0.15) is 33.6 Å². The van der Waals surface area contributed by atoms with Crippen LogP contribution in [-0.2, 0) is 24.4 Å². The molecule has 176 valence electrons. The molecule has 9 nitrogen and oxygen atoms in total. The van der Waals surface area contributed by atoms with Crippen LogP contribution in [0, 0.1) is 0 Å². The summed E-state index contributed by atoms with van der Waals surface area (Å²) >= 11 is 0. The molecule has 1 saturated heterocycles. The van der Waals surface area contributed by atoms with Crippen molar-refractivity contribution in [2.24, 2.45) is 0 Å². The molecular formula is C23H27N3O6S. The van der Waals surface area contributed by atoms with Gasteiger partial charge in [-0.25, -0.2) is 13.3 Å². The van der Waals surface area contributed by atoms with Gasteiger partial charge in [0.1, 0.15) is 11.8 Å². The molecule has 0 bridgehead atoms. The molecule has 0 saturated carbocycles. The molecule has 0 aromatic heterocycles. The number of anilines is 2. The van der Waals surface area contributed by atoms with Gasteiger partial charge in [-0.3, -0.25) is 14.4 Å². The van der Waals surface area contributed by atoms with Gasteiger partial charge >= 0.3 is 0 Å². The summed E-state index contributed by atoms with van der Waals surface area (Å²) in [5, 5.41) is 2.58. The minimum Gasteiger partial charge on any atom is -0.497 e. The van der Waals surface area contributed by atoms with Crippen molar-refractivity contribution >= 4 is 39.1 Å². The summed E-state index contributed by atoms with van der Waals surface area (Å²) in [5.41, 5.74) is 0.809. The number of sulfonamides is 1. The van der Waals surface area contributed by atoms with Crippen molar-refractivity contribution in [2.75, 3.05) is 17.3 Å². The van der Waals surface area contributed by atoms with E-state index in [-0.39, 0.29) is 17.2 Å². The van der Waals surface area contributed by atoms with Gasteiger partial charge in [-0.15, -0.1) is 0 Å². The molecular weight excluding hydrogens is 446 g/mol. The van der Waals surface area contributed by atoms with Crippen LogP contribution in [0.3, 0.4) is 0 Å². The first-order valence-corrected chi connectivity index (χ1v) is 12.0. The van der Waals surface area contributed by atoms with Crippen molar-refractivity contribution < 1.29 is 27.5 Å². The van der Waals surface area contributed by atoms with Crippen LogP contribution in [0.2, 0.25) is 0 Å². The number of ether oxygens (including phenoxy) is 1. The Morgan fingerprint density at radius 2 is 1.76 bits per heavy atom. The Kier molecular flexibility index (Phi) is 7.19. The van der Waals surface area contributed by atoms with E-state index in [0.717, 1.165) is 9.21 Å². The van der Waals surface area contributed by atoms with Gasteiger partial charge < -0.3 is 10.1 Å². The van der Waals surface area contributed by atoms with E-state index in [1.54, 1.807) is 31.2 Å². The third-order valence-electron chi connectivity index (χ3n) is 5.54. The number of nitrogens with zero attached hydrogens (tertiary/aromatic N) is 2. The van der Waals surface area contributed by atoms with Crippen molar-refractivity contribution in [2.45, 2.75) is 50.6 Å². The Hall–Kier alpha value is -3.24. The lowest BCUT2D eigenvalue weighted by Gasteiger charge is -2.31. The zero-order chi connectivity index (χ0) is 24.3. The van der Waals surface area contributed by atoms with Crippen LogP contribution in [0.5, 0.6) is 5.75 Å². The number of amides is 3. The number of carbonyl (C=O) groups is 3. The lowest BCUT2D eigenvalue weighted by molar-refractivity contribution is -0.122. The minimum absolute atomic E-state index is 0.0277. The normalized spacial score (nSPS) is 17.4. The molecule has 2 aromatic rings. The molecule has 1 N–H and O–H groups in total. The van der Waals surface area contributed by atoms with Gasteiger partial charge in [0.2, 0.25) is 21.8 Å². The summed E-state index contributed by atoms with van der Waals surface area (Å²) in [4.78, 5) is 38.3. The molecule has 2 aromatic carbocycles. The molecule has 3 rings (SSSR count). The Balaban J connectivity index is 1.96. The molecule has 1 fully saturated rings.